The molecule has 1 aromatic heterocycles. The Labute approximate surface area is 160 Å². The standard InChI is InChI=1S/C22H25N3O2/c1-4-25-20(10-11-24-25)14-23-22(26)19-7-5-6-18(13-19)15-27-21-12-16(2)8-9-17(21)3/h5-13H,4,14-15H2,1-3H3,(H,23,26). The van der Waals surface area contributed by atoms with Crippen LogP contribution in [-0.4, -0.2) is 15.7 Å². The molecule has 3 rings (SSSR count). The zero-order valence-electron chi connectivity index (χ0n) is 16.0. The number of ether oxygens (including phenoxy) is 1. The highest BCUT2D eigenvalue weighted by Gasteiger charge is 2.09. The van der Waals surface area contributed by atoms with Crippen molar-refractivity contribution in [3.63, 3.8) is 0 Å². The summed E-state index contributed by atoms with van der Waals surface area (Å²) in [7, 11) is 0. The first-order valence-corrected chi connectivity index (χ1v) is 9.14. The van der Waals surface area contributed by atoms with Crippen LogP contribution in [0.3, 0.4) is 0 Å². The van der Waals surface area contributed by atoms with Gasteiger partial charge in [0.05, 0.1) is 12.2 Å². The van der Waals surface area contributed by atoms with Gasteiger partial charge >= 0.3 is 0 Å². The van der Waals surface area contributed by atoms with Gasteiger partial charge in [-0.3, -0.25) is 9.48 Å². The Kier molecular flexibility index (Phi) is 5.91. The maximum Gasteiger partial charge on any atom is 0.251 e. The van der Waals surface area contributed by atoms with Crippen LogP contribution >= 0.6 is 0 Å². The van der Waals surface area contributed by atoms with Gasteiger partial charge in [-0.05, 0) is 61.7 Å². The van der Waals surface area contributed by atoms with E-state index >= 15 is 0 Å². The first kappa shape index (κ1) is 18.7. The van der Waals surface area contributed by atoms with Crippen molar-refractivity contribution in [1.82, 2.24) is 15.1 Å². The minimum absolute atomic E-state index is 0.104. The van der Waals surface area contributed by atoms with Crippen molar-refractivity contribution in [2.24, 2.45) is 0 Å². The number of hydrogen-bond donors (Lipinski definition) is 1. The van der Waals surface area contributed by atoms with Gasteiger partial charge in [0.15, 0.2) is 0 Å². The first-order valence-electron chi connectivity index (χ1n) is 9.14. The van der Waals surface area contributed by atoms with Gasteiger partial charge in [-0.2, -0.15) is 5.10 Å². The van der Waals surface area contributed by atoms with E-state index in [4.69, 9.17) is 4.74 Å². The van der Waals surface area contributed by atoms with Crippen LogP contribution in [0.25, 0.3) is 0 Å². The third kappa shape index (κ3) is 4.76. The van der Waals surface area contributed by atoms with Crippen molar-refractivity contribution in [1.29, 1.82) is 0 Å². The quantitative estimate of drug-likeness (QED) is 0.689. The Hall–Kier alpha value is -3.08. The molecule has 0 unspecified atom stereocenters. The molecule has 0 spiro atoms. The summed E-state index contributed by atoms with van der Waals surface area (Å²) in [4.78, 5) is 12.5. The Morgan fingerprint density at radius 2 is 2.00 bits per heavy atom. The van der Waals surface area contributed by atoms with E-state index in [0.717, 1.165) is 34.7 Å². The van der Waals surface area contributed by atoms with Crippen LogP contribution in [0.5, 0.6) is 5.75 Å². The molecule has 1 heterocycles. The fourth-order valence-corrected chi connectivity index (χ4v) is 2.89. The molecule has 2 aromatic carbocycles. The van der Waals surface area contributed by atoms with E-state index in [0.29, 0.717) is 18.7 Å². The SMILES string of the molecule is CCn1nccc1CNC(=O)c1cccc(COc2cc(C)ccc2C)c1. The van der Waals surface area contributed by atoms with Crippen LogP contribution in [-0.2, 0) is 19.7 Å². The van der Waals surface area contributed by atoms with Gasteiger partial charge in [0, 0.05) is 18.3 Å². The normalized spacial score (nSPS) is 10.6. The Balaban J connectivity index is 1.62. The molecule has 27 heavy (non-hydrogen) atoms. The van der Waals surface area contributed by atoms with Gasteiger partial charge in [-0.25, -0.2) is 0 Å². The first-order chi connectivity index (χ1) is 13.1. The maximum absolute atomic E-state index is 12.5. The van der Waals surface area contributed by atoms with Crippen LogP contribution in [0.1, 0.15) is 39.7 Å². The fourth-order valence-electron chi connectivity index (χ4n) is 2.89. The van der Waals surface area contributed by atoms with Crippen LogP contribution in [0, 0.1) is 13.8 Å². The molecule has 0 bridgehead atoms. The second-order valence-electron chi connectivity index (χ2n) is 6.58. The third-order valence-electron chi connectivity index (χ3n) is 4.46. The lowest BCUT2D eigenvalue weighted by Crippen LogP contribution is -2.24. The lowest BCUT2D eigenvalue weighted by atomic mass is 10.1. The number of rotatable bonds is 7. The van der Waals surface area contributed by atoms with Gasteiger partial charge in [0.25, 0.3) is 5.91 Å². The van der Waals surface area contributed by atoms with Crippen molar-refractivity contribution in [3.05, 3.63) is 82.7 Å². The number of carbonyl (C=O) groups excluding carboxylic acids is 1. The minimum atomic E-state index is -0.104. The lowest BCUT2D eigenvalue weighted by Gasteiger charge is -2.11. The summed E-state index contributed by atoms with van der Waals surface area (Å²) in [6.07, 6.45) is 1.75. The summed E-state index contributed by atoms with van der Waals surface area (Å²) in [6.45, 7) is 7.76. The smallest absolute Gasteiger partial charge is 0.251 e. The summed E-state index contributed by atoms with van der Waals surface area (Å²) in [5, 5.41) is 7.17. The lowest BCUT2D eigenvalue weighted by molar-refractivity contribution is 0.0949. The van der Waals surface area contributed by atoms with E-state index < -0.39 is 0 Å². The van der Waals surface area contributed by atoms with E-state index in [2.05, 4.69) is 22.5 Å². The van der Waals surface area contributed by atoms with E-state index in [1.54, 1.807) is 6.20 Å². The average molecular weight is 363 g/mol. The zero-order chi connectivity index (χ0) is 19.2. The van der Waals surface area contributed by atoms with Crippen molar-refractivity contribution in [3.8, 4) is 5.75 Å². The number of benzene rings is 2. The second-order valence-corrected chi connectivity index (χ2v) is 6.58. The fraction of sp³-hybridized carbons (Fsp3) is 0.273. The van der Waals surface area contributed by atoms with E-state index in [1.165, 1.54) is 0 Å². The second kappa shape index (κ2) is 8.54. The highest BCUT2D eigenvalue weighted by Crippen LogP contribution is 2.20. The summed E-state index contributed by atoms with van der Waals surface area (Å²) < 4.78 is 7.81. The van der Waals surface area contributed by atoms with Crippen LogP contribution < -0.4 is 10.1 Å². The number of nitrogens with zero attached hydrogens (tertiary/aromatic N) is 2. The predicted octanol–water partition coefficient (Wildman–Crippen LogP) is 4.03. The number of carbonyl (C=O) groups is 1. The molecule has 0 aliphatic rings. The van der Waals surface area contributed by atoms with Crippen molar-refractivity contribution in [2.45, 2.75) is 40.5 Å². The Bertz CT molecular complexity index is 931. The minimum Gasteiger partial charge on any atom is -0.489 e. The summed E-state index contributed by atoms with van der Waals surface area (Å²) in [6, 6.07) is 15.6. The Morgan fingerprint density at radius 3 is 2.81 bits per heavy atom. The third-order valence-corrected chi connectivity index (χ3v) is 4.46. The maximum atomic E-state index is 12.5. The molecule has 0 atom stereocenters. The largest absolute Gasteiger partial charge is 0.489 e. The van der Waals surface area contributed by atoms with Crippen molar-refractivity contribution < 1.29 is 9.53 Å². The molecular formula is C22H25N3O2. The molecule has 1 N–H and O–H groups in total. The monoisotopic (exact) mass is 363 g/mol. The zero-order valence-corrected chi connectivity index (χ0v) is 16.0. The molecule has 0 saturated carbocycles. The molecular weight excluding hydrogens is 338 g/mol. The average Bonchev–Trinajstić information content (AvgIpc) is 3.14. The summed E-state index contributed by atoms with van der Waals surface area (Å²) >= 11 is 0. The highest BCUT2D eigenvalue weighted by molar-refractivity contribution is 5.94. The molecule has 1 amide bonds. The van der Waals surface area contributed by atoms with Crippen LogP contribution in [0.15, 0.2) is 54.7 Å². The number of nitrogens with one attached hydrogen (secondary N) is 1. The Morgan fingerprint density at radius 1 is 1.15 bits per heavy atom. The van der Waals surface area contributed by atoms with Gasteiger partial charge in [-0.1, -0.05) is 24.3 Å². The number of amides is 1. The number of aromatic nitrogens is 2. The highest BCUT2D eigenvalue weighted by atomic mass is 16.5. The summed E-state index contributed by atoms with van der Waals surface area (Å²) in [5.74, 6) is 0.769. The van der Waals surface area contributed by atoms with E-state index in [-0.39, 0.29) is 5.91 Å². The van der Waals surface area contributed by atoms with Gasteiger partial charge in [0.1, 0.15) is 12.4 Å². The molecule has 0 saturated heterocycles. The van der Waals surface area contributed by atoms with Crippen molar-refractivity contribution in [2.75, 3.05) is 0 Å². The molecule has 0 aliphatic heterocycles. The molecule has 0 aliphatic carbocycles. The van der Waals surface area contributed by atoms with Crippen LogP contribution in [0.4, 0.5) is 0 Å². The number of aryl methyl sites for hydroxylation is 3. The molecule has 140 valence electrons. The van der Waals surface area contributed by atoms with Gasteiger partial charge in [-0.15, -0.1) is 0 Å². The van der Waals surface area contributed by atoms with Gasteiger partial charge in [0.2, 0.25) is 0 Å². The predicted molar refractivity (Wildman–Crippen MR) is 106 cm³/mol. The van der Waals surface area contributed by atoms with E-state index in [1.807, 2.05) is 61.9 Å². The number of hydrogen-bond acceptors (Lipinski definition) is 3. The molecule has 0 fully saturated rings. The van der Waals surface area contributed by atoms with Crippen molar-refractivity contribution >= 4 is 5.91 Å². The van der Waals surface area contributed by atoms with Crippen LogP contribution in [0.2, 0.25) is 0 Å². The molecule has 0 radical (unpaired) electrons. The molecule has 3 aromatic rings. The topological polar surface area (TPSA) is 56.2 Å². The summed E-state index contributed by atoms with van der Waals surface area (Å²) in [5.41, 5.74) is 4.83. The van der Waals surface area contributed by atoms with Gasteiger partial charge < -0.3 is 10.1 Å². The van der Waals surface area contributed by atoms with E-state index in [9.17, 15) is 4.79 Å². The molecule has 5 nitrogen and oxygen atoms in total. The molecule has 5 heteroatoms.